The van der Waals surface area contributed by atoms with Crippen LogP contribution < -0.4 is 5.32 Å². The highest BCUT2D eigenvalue weighted by molar-refractivity contribution is 5.83. The van der Waals surface area contributed by atoms with Gasteiger partial charge in [-0.05, 0) is 32.2 Å². The van der Waals surface area contributed by atoms with Gasteiger partial charge in [-0.1, -0.05) is 20.8 Å². The predicted molar refractivity (Wildman–Crippen MR) is 76.0 cm³/mol. The number of carbonyl (C=O) groups is 1. The average molecular weight is 268 g/mol. The highest BCUT2D eigenvalue weighted by Gasteiger charge is 2.53. The van der Waals surface area contributed by atoms with Gasteiger partial charge in [-0.15, -0.1) is 0 Å². The number of methoxy groups -OCH3 is 1. The molecule has 2 aliphatic rings. The standard InChI is InChI=1S/C15H28N2O2/c1-5-8-16-11-7-6-9-17(14(11)18)12-10-13(19-4)15(12,2)3/h11-13,16H,5-10H2,1-4H3. The van der Waals surface area contributed by atoms with E-state index in [9.17, 15) is 4.79 Å². The van der Waals surface area contributed by atoms with Crippen molar-refractivity contribution in [3.05, 3.63) is 0 Å². The second kappa shape index (κ2) is 5.80. The van der Waals surface area contributed by atoms with E-state index in [0.717, 1.165) is 38.8 Å². The number of rotatable bonds is 5. The maximum absolute atomic E-state index is 12.6. The summed E-state index contributed by atoms with van der Waals surface area (Å²) in [5.74, 6) is 0.298. The van der Waals surface area contributed by atoms with Gasteiger partial charge in [0.1, 0.15) is 0 Å². The molecule has 3 unspecified atom stereocenters. The zero-order valence-electron chi connectivity index (χ0n) is 12.7. The van der Waals surface area contributed by atoms with Gasteiger partial charge in [-0.2, -0.15) is 0 Å². The Morgan fingerprint density at radius 1 is 1.47 bits per heavy atom. The molecule has 0 spiro atoms. The van der Waals surface area contributed by atoms with Gasteiger partial charge in [0.05, 0.1) is 12.1 Å². The first kappa shape index (κ1) is 14.8. The van der Waals surface area contributed by atoms with Gasteiger partial charge in [-0.25, -0.2) is 0 Å². The molecule has 0 bridgehead atoms. The van der Waals surface area contributed by atoms with Gasteiger partial charge in [0.2, 0.25) is 5.91 Å². The van der Waals surface area contributed by atoms with E-state index in [1.165, 1.54) is 0 Å². The summed E-state index contributed by atoms with van der Waals surface area (Å²) in [6, 6.07) is 0.377. The van der Waals surface area contributed by atoms with Crippen molar-refractivity contribution >= 4 is 5.91 Å². The lowest BCUT2D eigenvalue weighted by molar-refractivity contribution is -0.167. The third-order valence-corrected chi connectivity index (χ3v) is 4.90. The number of amides is 1. The summed E-state index contributed by atoms with van der Waals surface area (Å²) in [7, 11) is 1.77. The van der Waals surface area contributed by atoms with Crippen LogP contribution in [-0.4, -0.2) is 49.2 Å². The molecule has 0 radical (unpaired) electrons. The molecular weight excluding hydrogens is 240 g/mol. The number of ether oxygens (including phenoxy) is 1. The van der Waals surface area contributed by atoms with E-state index in [1.807, 2.05) is 0 Å². The molecule has 1 saturated carbocycles. The SMILES string of the molecule is CCCNC1CCCN(C2CC(OC)C2(C)C)C1=O. The molecule has 0 aromatic rings. The first-order valence-electron chi connectivity index (χ1n) is 7.59. The zero-order valence-corrected chi connectivity index (χ0v) is 12.7. The fourth-order valence-corrected chi connectivity index (χ4v) is 3.51. The van der Waals surface area contributed by atoms with Crippen molar-refractivity contribution in [2.45, 2.75) is 64.6 Å². The Bertz CT molecular complexity index is 330. The third-order valence-electron chi connectivity index (χ3n) is 4.90. The number of nitrogens with one attached hydrogen (secondary N) is 1. The molecular formula is C15H28N2O2. The summed E-state index contributed by atoms with van der Waals surface area (Å²) < 4.78 is 5.50. The largest absolute Gasteiger partial charge is 0.381 e. The van der Waals surface area contributed by atoms with Crippen LogP contribution in [0.5, 0.6) is 0 Å². The molecule has 3 atom stereocenters. The molecule has 19 heavy (non-hydrogen) atoms. The lowest BCUT2D eigenvalue weighted by atomic mass is 9.63. The smallest absolute Gasteiger partial charge is 0.239 e. The number of hydrogen-bond donors (Lipinski definition) is 1. The van der Waals surface area contributed by atoms with Gasteiger partial charge in [0, 0.05) is 25.1 Å². The van der Waals surface area contributed by atoms with Gasteiger partial charge in [0.15, 0.2) is 0 Å². The van der Waals surface area contributed by atoms with Crippen molar-refractivity contribution in [2.24, 2.45) is 5.41 Å². The van der Waals surface area contributed by atoms with Crippen LogP contribution in [0.4, 0.5) is 0 Å². The Balaban J connectivity index is 1.99. The van der Waals surface area contributed by atoms with Crippen molar-refractivity contribution in [3.63, 3.8) is 0 Å². The van der Waals surface area contributed by atoms with E-state index in [-0.39, 0.29) is 17.6 Å². The van der Waals surface area contributed by atoms with Crippen LogP contribution in [0.15, 0.2) is 0 Å². The molecule has 0 aromatic carbocycles. The molecule has 1 heterocycles. The van der Waals surface area contributed by atoms with E-state index in [4.69, 9.17) is 4.74 Å². The number of piperidine rings is 1. The second-order valence-electron chi connectivity index (χ2n) is 6.48. The van der Waals surface area contributed by atoms with Crippen molar-refractivity contribution in [3.8, 4) is 0 Å². The molecule has 2 rings (SSSR count). The molecule has 2 fully saturated rings. The van der Waals surface area contributed by atoms with Gasteiger partial charge < -0.3 is 15.0 Å². The minimum absolute atomic E-state index is 0.0334. The van der Waals surface area contributed by atoms with E-state index in [2.05, 4.69) is 31.0 Å². The Morgan fingerprint density at radius 3 is 2.79 bits per heavy atom. The summed E-state index contributed by atoms with van der Waals surface area (Å²) in [5.41, 5.74) is 0.0804. The minimum Gasteiger partial charge on any atom is -0.381 e. The minimum atomic E-state index is 0.0334. The van der Waals surface area contributed by atoms with E-state index in [1.54, 1.807) is 7.11 Å². The van der Waals surface area contributed by atoms with Crippen molar-refractivity contribution in [2.75, 3.05) is 20.2 Å². The summed E-state index contributed by atoms with van der Waals surface area (Å²) in [4.78, 5) is 14.7. The van der Waals surface area contributed by atoms with Crippen LogP contribution in [-0.2, 0) is 9.53 Å². The maximum Gasteiger partial charge on any atom is 0.239 e. The summed E-state index contributed by atoms with van der Waals surface area (Å²) in [6.07, 6.45) is 4.43. The van der Waals surface area contributed by atoms with Crippen LogP contribution in [0.3, 0.4) is 0 Å². The molecule has 1 aliphatic heterocycles. The number of carbonyl (C=O) groups excluding carboxylic acids is 1. The van der Waals surface area contributed by atoms with Crippen molar-refractivity contribution in [1.82, 2.24) is 10.2 Å². The van der Waals surface area contributed by atoms with E-state index in [0.29, 0.717) is 11.9 Å². The maximum atomic E-state index is 12.6. The topological polar surface area (TPSA) is 41.6 Å². The first-order valence-corrected chi connectivity index (χ1v) is 7.59. The van der Waals surface area contributed by atoms with Crippen LogP contribution in [0.2, 0.25) is 0 Å². The fourth-order valence-electron chi connectivity index (χ4n) is 3.51. The van der Waals surface area contributed by atoms with Crippen molar-refractivity contribution < 1.29 is 9.53 Å². The summed E-state index contributed by atoms with van der Waals surface area (Å²) in [5, 5.41) is 3.38. The van der Waals surface area contributed by atoms with E-state index < -0.39 is 0 Å². The zero-order chi connectivity index (χ0) is 14.0. The normalized spacial score (nSPS) is 34.2. The summed E-state index contributed by atoms with van der Waals surface area (Å²) in [6.45, 7) is 8.40. The van der Waals surface area contributed by atoms with Crippen LogP contribution >= 0.6 is 0 Å². The summed E-state index contributed by atoms with van der Waals surface area (Å²) >= 11 is 0. The van der Waals surface area contributed by atoms with Crippen LogP contribution in [0.25, 0.3) is 0 Å². The molecule has 4 heteroatoms. The van der Waals surface area contributed by atoms with Crippen LogP contribution in [0, 0.1) is 5.41 Å². The second-order valence-corrected chi connectivity index (χ2v) is 6.48. The monoisotopic (exact) mass is 268 g/mol. The number of hydrogen-bond acceptors (Lipinski definition) is 3. The molecule has 1 aliphatic carbocycles. The van der Waals surface area contributed by atoms with Gasteiger partial charge in [0.25, 0.3) is 0 Å². The quantitative estimate of drug-likeness (QED) is 0.826. The molecule has 4 nitrogen and oxygen atoms in total. The Morgan fingerprint density at radius 2 is 2.21 bits per heavy atom. The van der Waals surface area contributed by atoms with E-state index >= 15 is 0 Å². The molecule has 110 valence electrons. The molecule has 1 amide bonds. The van der Waals surface area contributed by atoms with Gasteiger partial charge in [-0.3, -0.25) is 4.79 Å². The number of likely N-dealkylation sites (tertiary alicyclic amines) is 1. The molecule has 1 saturated heterocycles. The Kier molecular flexibility index (Phi) is 4.51. The van der Waals surface area contributed by atoms with Crippen LogP contribution in [0.1, 0.15) is 46.5 Å². The highest BCUT2D eigenvalue weighted by Crippen LogP contribution is 2.46. The molecule has 0 aromatic heterocycles. The third kappa shape index (κ3) is 2.65. The Hall–Kier alpha value is -0.610. The Labute approximate surface area is 116 Å². The first-order chi connectivity index (χ1) is 9.02. The predicted octanol–water partition coefficient (Wildman–Crippen LogP) is 1.79. The fraction of sp³-hybridized carbons (Fsp3) is 0.933. The van der Waals surface area contributed by atoms with Gasteiger partial charge >= 0.3 is 0 Å². The number of nitrogens with zero attached hydrogens (tertiary/aromatic N) is 1. The average Bonchev–Trinajstić information content (AvgIpc) is 2.38. The lowest BCUT2D eigenvalue weighted by Crippen LogP contribution is -2.66. The van der Waals surface area contributed by atoms with Crippen molar-refractivity contribution in [1.29, 1.82) is 0 Å². The lowest BCUT2D eigenvalue weighted by Gasteiger charge is -2.56. The molecule has 1 N–H and O–H groups in total. The highest BCUT2D eigenvalue weighted by atomic mass is 16.5.